The molecule has 11 nitrogen and oxygen atoms in total. The highest BCUT2D eigenvalue weighted by Gasteiger charge is 2.40. The molecule has 4 amide bonds. The number of nitrogens with one attached hydrogen (secondary N) is 3. The topological polar surface area (TPSA) is 129 Å². The normalized spacial score (nSPS) is 18.5. The van der Waals surface area contributed by atoms with E-state index in [1.807, 2.05) is 14.0 Å². The molecule has 0 bridgehead atoms. The molecule has 2 saturated carbocycles. The van der Waals surface area contributed by atoms with Crippen LogP contribution in [-0.4, -0.2) is 88.5 Å². The molecule has 5 rings (SSSR count). The third kappa shape index (κ3) is 7.61. The maximum atomic E-state index is 15.6. The summed E-state index contributed by atoms with van der Waals surface area (Å²) in [6.45, 7) is 8.47. The van der Waals surface area contributed by atoms with Gasteiger partial charge in [-0.1, -0.05) is 25.5 Å². The number of nitrogens with zero attached hydrogens (tertiary/aromatic N) is 4. The van der Waals surface area contributed by atoms with Gasteiger partial charge in [-0.2, -0.15) is 5.10 Å². The standard InChI is InChI=1S/C33H44FN7O4/c1-5-27(42)37-29(33(45)40-17-15-39(4)16-18-40)20(3)23-11-12-25(24(34)19-23)36-32(44)30(28(21-7-8-21)22-9-10-22)38-31(43)26-13-14-35-41(26)6-2/h11-14,19-21,29-30H,5-10,15-18H2,1-4H3,(H,36,44)(H,37,42)(H,38,43)/t20-,29+,30+/m0/s1. The first-order chi connectivity index (χ1) is 21.6. The van der Waals surface area contributed by atoms with Crippen LogP contribution >= 0.6 is 0 Å². The summed E-state index contributed by atoms with van der Waals surface area (Å²) in [5, 5.41) is 12.6. The minimum absolute atomic E-state index is 0.0238. The van der Waals surface area contributed by atoms with E-state index >= 15 is 4.39 Å². The van der Waals surface area contributed by atoms with Crippen LogP contribution in [0.25, 0.3) is 0 Å². The molecule has 45 heavy (non-hydrogen) atoms. The van der Waals surface area contributed by atoms with Gasteiger partial charge in [0.1, 0.15) is 23.6 Å². The summed E-state index contributed by atoms with van der Waals surface area (Å²) in [4.78, 5) is 56.8. The predicted octanol–water partition coefficient (Wildman–Crippen LogP) is 3.05. The third-order valence-corrected chi connectivity index (χ3v) is 9.02. The molecule has 2 heterocycles. The van der Waals surface area contributed by atoms with Crippen LogP contribution in [0.2, 0.25) is 0 Å². The lowest BCUT2D eigenvalue weighted by Crippen LogP contribution is -2.55. The Labute approximate surface area is 263 Å². The van der Waals surface area contributed by atoms with E-state index in [4.69, 9.17) is 0 Å². The van der Waals surface area contributed by atoms with Crippen molar-refractivity contribution in [2.75, 3.05) is 38.5 Å². The van der Waals surface area contributed by atoms with Crippen molar-refractivity contribution in [2.45, 2.75) is 77.4 Å². The second-order valence-corrected chi connectivity index (χ2v) is 12.3. The van der Waals surface area contributed by atoms with Crippen LogP contribution < -0.4 is 16.0 Å². The number of benzene rings is 1. The molecule has 3 atom stereocenters. The number of hydrogen-bond acceptors (Lipinski definition) is 6. The average Bonchev–Trinajstić information content (AvgIpc) is 3.99. The molecule has 1 aromatic heterocycles. The van der Waals surface area contributed by atoms with Crippen LogP contribution in [0.5, 0.6) is 0 Å². The Morgan fingerprint density at radius 3 is 2.33 bits per heavy atom. The first-order valence-electron chi connectivity index (χ1n) is 16.0. The first kappa shape index (κ1) is 32.3. The molecule has 0 spiro atoms. The van der Waals surface area contributed by atoms with Gasteiger partial charge in [0.2, 0.25) is 11.8 Å². The van der Waals surface area contributed by atoms with Gasteiger partial charge < -0.3 is 25.8 Å². The van der Waals surface area contributed by atoms with Crippen LogP contribution in [0.4, 0.5) is 10.1 Å². The van der Waals surface area contributed by atoms with Crippen molar-refractivity contribution < 1.29 is 23.6 Å². The molecule has 2 aromatic rings. The Bertz CT molecular complexity index is 1470. The Kier molecular flexibility index (Phi) is 10.0. The number of rotatable bonds is 12. The SMILES string of the molecule is CCC(=O)N[C@@H](C(=O)N1CCN(C)CC1)[C@@H](C)c1ccc(NC(=O)[C@H](NC(=O)c2ccnn2CC)C(=C2CC2)C2CC2)c(F)c1. The van der Waals surface area contributed by atoms with Gasteiger partial charge in [-0.15, -0.1) is 0 Å². The van der Waals surface area contributed by atoms with Crippen LogP contribution in [0.1, 0.15) is 74.8 Å². The Morgan fingerprint density at radius 2 is 1.73 bits per heavy atom. The lowest BCUT2D eigenvalue weighted by atomic mass is 9.91. The number of anilines is 1. The summed E-state index contributed by atoms with van der Waals surface area (Å²) in [5.41, 5.74) is 2.96. The molecule has 0 radical (unpaired) electrons. The first-order valence-corrected chi connectivity index (χ1v) is 16.0. The fourth-order valence-corrected chi connectivity index (χ4v) is 5.95. The number of halogens is 1. The molecule has 3 aliphatic rings. The minimum atomic E-state index is -0.935. The Balaban J connectivity index is 1.34. The van der Waals surface area contributed by atoms with E-state index in [1.165, 1.54) is 17.7 Å². The molecular weight excluding hydrogens is 577 g/mol. The maximum absolute atomic E-state index is 15.6. The zero-order valence-electron chi connectivity index (χ0n) is 26.6. The van der Waals surface area contributed by atoms with Gasteiger partial charge in [-0.05, 0) is 74.9 Å². The molecule has 242 valence electrons. The third-order valence-electron chi connectivity index (χ3n) is 9.02. The number of likely N-dealkylation sites (N-methyl/N-ethyl adjacent to an activating group) is 1. The van der Waals surface area contributed by atoms with Crippen molar-refractivity contribution in [3.05, 3.63) is 58.7 Å². The molecule has 3 N–H and O–H groups in total. The number of carbonyl (C=O) groups excluding carboxylic acids is 4. The fraction of sp³-hybridized carbons (Fsp3) is 0.545. The Morgan fingerprint density at radius 1 is 1.02 bits per heavy atom. The molecule has 0 unspecified atom stereocenters. The van der Waals surface area contributed by atoms with Crippen molar-refractivity contribution in [3.63, 3.8) is 0 Å². The summed E-state index contributed by atoms with van der Waals surface area (Å²) in [7, 11) is 2.00. The number of hydrogen-bond donors (Lipinski definition) is 3. The summed E-state index contributed by atoms with van der Waals surface area (Å²) < 4.78 is 17.2. The predicted molar refractivity (Wildman–Crippen MR) is 168 cm³/mol. The van der Waals surface area contributed by atoms with Crippen LogP contribution in [0, 0.1) is 11.7 Å². The zero-order chi connectivity index (χ0) is 32.2. The molecular formula is C33H44FN7O4. The second-order valence-electron chi connectivity index (χ2n) is 12.3. The highest BCUT2D eigenvalue weighted by molar-refractivity contribution is 6.02. The van der Waals surface area contributed by atoms with E-state index in [0.717, 1.165) is 44.3 Å². The molecule has 1 aromatic carbocycles. The Hall–Kier alpha value is -4.06. The van der Waals surface area contributed by atoms with E-state index in [0.29, 0.717) is 30.9 Å². The number of aryl methyl sites for hydroxylation is 1. The zero-order valence-corrected chi connectivity index (χ0v) is 26.6. The van der Waals surface area contributed by atoms with E-state index < -0.39 is 35.6 Å². The van der Waals surface area contributed by atoms with Crippen molar-refractivity contribution in [1.29, 1.82) is 0 Å². The van der Waals surface area contributed by atoms with Gasteiger partial charge in [0.15, 0.2) is 0 Å². The highest BCUT2D eigenvalue weighted by Crippen LogP contribution is 2.46. The summed E-state index contributed by atoms with van der Waals surface area (Å²) in [6.07, 6.45) is 5.45. The smallest absolute Gasteiger partial charge is 0.270 e. The number of amides is 4. The number of aromatic nitrogens is 2. The van der Waals surface area contributed by atoms with Crippen LogP contribution in [0.15, 0.2) is 41.6 Å². The van der Waals surface area contributed by atoms with Crippen molar-refractivity contribution in [1.82, 2.24) is 30.2 Å². The fourth-order valence-electron chi connectivity index (χ4n) is 5.95. The van der Waals surface area contributed by atoms with Gasteiger partial charge in [0.25, 0.3) is 11.8 Å². The second kappa shape index (κ2) is 13.9. The van der Waals surface area contributed by atoms with Crippen LogP contribution in [-0.2, 0) is 20.9 Å². The lowest BCUT2D eigenvalue weighted by Gasteiger charge is -2.36. The monoisotopic (exact) mass is 621 g/mol. The summed E-state index contributed by atoms with van der Waals surface area (Å²) >= 11 is 0. The largest absolute Gasteiger partial charge is 0.344 e. The maximum Gasteiger partial charge on any atom is 0.270 e. The van der Waals surface area contributed by atoms with Gasteiger partial charge in [0.05, 0.1) is 5.69 Å². The lowest BCUT2D eigenvalue weighted by molar-refractivity contribution is -0.138. The van der Waals surface area contributed by atoms with Gasteiger partial charge in [-0.25, -0.2) is 4.39 Å². The van der Waals surface area contributed by atoms with E-state index in [2.05, 4.69) is 25.9 Å². The quantitative estimate of drug-likeness (QED) is 0.313. The van der Waals surface area contributed by atoms with Crippen molar-refractivity contribution in [2.24, 2.45) is 5.92 Å². The summed E-state index contributed by atoms with van der Waals surface area (Å²) in [5.74, 6) is -2.33. The number of carbonyl (C=O) groups is 4. The number of allylic oxidation sites excluding steroid dienone is 1. The molecule has 12 heteroatoms. The minimum Gasteiger partial charge on any atom is -0.344 e. The molecule has 1 aliphatic heterocycles. The van der Waals surface area contributed by atoms with Crippen LogP contribution in [0.3, 0.4) is 0 Å². The molecule has 3 fully saturated rings. The molecule has 1 saturated heterocycles. The molecule has 2 aliphatic carbocycles. The average molecular weight is 622 g/mol. The van der Waals surface area contributed by atoms with Crippen molar-refractivity contribution in [3.8, 4) is 0 Å². The van der Waals surface area contributed by atoms with E-state index in [9.17, 15) is 19.2 Å². The van der Waals surface area contributed by atoms with E-state index in [-0.39, 0.29) is 29.8 Å². The number of piperazine rings is 1. The van der Waals surface area contributed by atoms with E-state index in [1.54, 1.807) is 41.8 Å². The van der Waals surface area contributed by atoms with Gasteiger partial charge in [0, 0.05) is 51.3 Å². The highest BCUT2D eigenvalue weighted by atomic mass is 19.1. The van der Waals surface area contributed by atoms with Crippen molar-refractivity contribution >= 4 is 29.3 Å². The summed E-state index contributed by atoms with van der Waals surface area (Å²) in [6, 6.07) is 4.26. The van der Waals surface area contributed by atoms with Gasteiger partial charge in [-0.3, -0.25) is 23.9 Å². The van der Waals surface area contributed by atoms with Gasteiger partial charge >= 0.3 is 0 Å².